The molecule has 116 valence electrons. The molecule has 2 aliphatic heterocycles. The smallest absolute Gasteiger partial charge is 0.237 e. The third kappa shape index (κ3) is 3.54. The van der Waals surface area contributed by atoms with E-state index >= 15 is 0 Å². The molecule has 3 rings (SSSR count). The van der Waals surface area contributed by atoms with E-state index in [1.165, 1.54) is 0 Å². The van der Waals surface area contributed by atoms with Gasteiger partial charge >= 0.3 is 0 Å². The summed E-state index contributed by atoms with van der Waals surface area (Å²) in [6.07, 6.45) is 0.454. The lowest BCUT2D eigenvalue weighted by Gasteiger charge is -2.29. The predicted molar refractivity (Wildman–Crippen MR) is 84.5 cm³/mol. The first kappa shape index (κ1) is 15.2. The van der Waals surface area contributed by atoms with Crippen molar-refractivity contribution in [2.75, 3.05) is 18.8 Å². The van der Waals surface area contributed by atoms with Gasteiger partial charge in [0.1, 0.15) is 0 Å². The molecule has 0 radical (unpaired) electrons. The van der Waals surface area contributed by atoms with Crippen molar-refractivity contribution in [3.05, 3.63) is 11.7 Å². The molecule has 4 atom stereocenters. The van der Waals surface area contributed by atoms with Gasteiger partial charge in [0.25, 0.3) is 0 Å². The van der Waals surface area contributed by atoms with Gasteiger partial charge in [-0.2, -0.15) is 16.7 Å². The summed E-state index contributed by atoms with van der Waals surface area (Å²) >= 11 is 3.86. The van der Waals surface area contributed by atoms with Gasteiger partial charge in [-0.15, -0.1) is 11.8 Å². The van der Waals surface area contributed by atoms with Crippen LogP contribution < -0.4 is 10.6 Å². The number of aromatic nitrogens is 2. The number of nitrogens with zero attached hydrogens (tertiary/aromatic N) is 2. The first-order valence-electron chi connectivity index (χ1n) is 7.24. The van der Waals surface area contributed by atoms with Crippen molar-refractivity contribution >= 4 is 29.4 Å². The summed E-state index contributed by atoms with van der Waals surface area (Å²) in [6, 6.07) is -0.264. The molecule has 1 aromatic heterocycles. The third-order valence-corrected chi connectivity index (χ3v) is 7.22. The molecule has 0 saturated carbocycles. The zero-order valence-corrected chi connectivity index (χ0v) is 13.8. The minimum absolute atomic E-state index is 0.00560. The van der Waals surface area contributed by atoms with Crippen molar-refractivity contribution in [1.82, 2.24) is 20.8 Å². The number of rotatable bonds is 3. The fourth-order valence-electron chi connectivity index (χ4n) is 2.39. The molecule has 1 aromatic rings. The van der Waals surface area contributed by atoms with E-state index < -0.39 is 0 Å². The highest BCUT2D eigenvalue weighted by Gasteiger charge is 2.30. The number of carbonyl (C=O) groups excluding carboxylic acids is 1. The first-order chi connectivity index (χ1) is 10.1. The van der Waals surface area contributed by atoms with Gasteiger partial charge < -0.3 is 15.2 Å². The number of thioether (sulfide) groups is 2. The Labute approximate surface area is 132 Å². The Balaban J connectivity index is 1.62. The molecule has 0 bridgehead atoms. The molecular formula is C13H20N4O2S2. The second-order valence-corrected chi connectivity index (χ2v) is 8.41. The Hall–Kier alpha value is -0.730. The summed E-state index contributed by atoms with van der Waals surface area (Å²) < 4.78 is 5.33. The van der Waals surface area contributed by atoms with Gasteiger partial charge in [0.05, 0.1) is 17.7 Å². The summed E-state index contributed by atoms with van der Waals surface area (Å²) in [5, 5.41) is 11.6. The van der Waals surface area contributed by atoms with E-state index in [0.717, 1.165) is 18.1 Å². The van der Waals surface area contributed by atoms with Gasteiger partial charge in [0.2, 0.25) is 11.8 Å². The van der Waals surface area contributed by atoms with Crippen LogP contribution in [0.15, 0.2) is 4.52 Å². The maximum absolute atomic E-state index is 11.7. The molecule has 0 aromatic carbocycles. The van der Waals surface area contributed by atoms with E-state index in [-0.39, 0.29) is 17.2 Å². The predicted octanol–water partition coefficient (Wildman–Crippen LogP) is 0.998. The van der Waals surface area contributed by atoms with Crippen molar-refractivity contribution in [1.29, 1.82) is 0 Å². The number of hydrogen-bond donors (Lipinski definition) is 2. The molecule has 0 spiro atoms. The topological polar surface area (TPSA) is 80.0 Å². The van der Waals surface area contributed by atoms with Gasteiger partial charge in [0.15, 0.2) is 5.82 Å². The highest BCUT2D eigenvalue weighted by molar-refractivity contribution is 8.07. The zero-order chi connectivity index (χ0) is 14.8. The van der Waals surface area contributed by atoms with Crippen molar-refractivity contribution < 1.29 is 9.32 Å². The second-order valence-electron chi connectivity index (χ2n) is 5.42. The quantitative estimate of drug-likeness (QED) is 0.857. The Bertz CT molecular complexity index is 510. The van der Waals surface area contributed by atoms with E-state index in [0.29, 0.717) is 29.4 Å². The van der Waals surface area contributed by atoms with Gasteiger partial charge in [0, 0.05) is 29.3 Å². The normalized spacial score (nSPS) is 33.7. The monoisotopic (exact) mass is 328 g/mol. The molecule has 6 nitrogen and oxygen atoms in total. The van der Waals surface area contributed by atoms with Crippen LogP contribution in [-0.4, -0.2) is 51.4 Å². The van der Waals surface area contributed by atoms with Crippen LogP contribution in [0, 0.1) is 0 Å². The molecule has 1 amide bonds. The molecule has 2 saturated heterocycles. The highest BCUT2D eigenvalue weighted by Crippen LogP contribution is 2.43. The molecule has 2 N–H and O–H groups in total. The van der Waals surface area contributed by atoms with Crippen LogP contribution in [0.5, 0.6) is 0 Å². The van der Waals surface area contributed by atoms with Crippen LogP contribution in [0.1, 0.15) is 30.8 Å². The van der Waals surface area contributed by atoms with Crippen LogP contribution >= 0.6 is 23.5 Å². The number of amides is 1. The second kappa shape index (κ2) is 6.58. The van der Waals surface area contributed by atoms with E-state index in [1.54, 1.807) is 0 Å². The Kier molecular flexibility index (Phi) is 4.75. The number of carbonyl (C=O) groups is 1. The molecule has 21 heavy (non-hydrogen) atoms. The lowest BCUT2D eigenvalue weighted by molar-refractivity contribution is -0.124. The number of piperazine rings is 1. The minimum atomic E-state index is -0.264. The van der Waals surface area contributed by atoms with Crippen LogP contribution in [-0.2, 0) is 11.2 Å². The zero-order valence-electron chi connectivity index (χ0n) is 12.2. The number of nitrogens with one attached hydrogen (secondary N) is 2. The largest absolute Gasteiger partial charge is 0.353 e. The first-order valence-corrected chi connectivity index (χ1v) is 9.23. The molecular weight excluding hydrogens is 308 g/mol. The van der Waals surface area contributed by atoms with Gasteiger partial charge in [-0.25, -0.2) is 0 Å². The summed E-state index contributed by atoms with van der Waals surface area (Å²) in [4.78, 5) is 16.2. The molecule has 2 fully saturated rings. The third-order valence-electron chi connectivity index (χ3n) is 3.83. The summed E-state index contributed by atoms with van der Waals surface area (Å²) in [6.45, 7) is 5.96. The summed E-state index contributed by atoms with van der Waals surface area (Å²) in [7, 11) is 0. The van der Waals surface area contributed by atoms with Crippen molar-refractivity contribution in [3.63, 3.8) is 0 Å². The standard InChI is InChI=1S/C13H20N4O2S2/c1-7-8(2)21-10(6-20-7)12-16-11(19-17-12)5-9-13(18)15-4-3-14-9/h7-10,14H,3-6H2,1-2H3,(H,15,18). The van der Waals surface area contributed by atoms with E-state index in [2.05, 4.69) is 34.6 Å². The van der Waals surface area contributed by atoms with Crippen molar-refractivity contribution in [2.24, 2.45) is 0 Å². The van der Waals surface area contributed by atoms with Crippen LogP contribution in [0.3, 0.4) is 0 Å². The van der Waals surface area contributed by atoms with Crippen LogP contribution in [0.2, 0.25) is 0 Å². The highest BCUT2D eigenvalue weighted by atomic mass is 32.2. The average molecular weight is 328 g/mol. The fourth-order valence-corrected chi connectivity index (χ4v) is 5.22. The Morgan fingerprint density at radius 3 is 2.95 bits per heavy atom. The van der Waals surface area contributed by atoms with Gasteiger partial charge in [-0.3, -0.25) is 4.79 Å². The number of hydrogen-bond acceptors (Lipinski definition) is 7. The van der Waals surface area contributed by atoms with E-state index in [1.807, 2.05) is 23.5 Å². The lowest BCUT2D eigenvalue weighted by atomic mass is 10.1. The Morgan fingerprint density at radius 2 is 2.19 bits per heavy atom. The molecule has 8 heteroatoms. The van der Waals surface area contributed by atoms with Crippen LogP contribution in [0.4, 0.5) is 0 Å². The SMILES string of the molecule is CC1SCC(c2noc(CC3NCCNC3=O)n2)SC1C. The Morgan fingerprint density at radius 1 is 1.33 bits per heavy atom. The summed E-state index contributed by atoms with van der Waals surface area (Å²) in [5.74, 6) is 2.32. The van der Waals surface area contributed by atoms with E-state index in [4.69, 9.17) is 4.52 Å². The maximum Gasteiger partial charge on any atom is 0.237 e. The molecule has 2 aliphatic rings. The van der Waals surface area contributed by atoms with Crippen molar-refractivity contribution in [2.45, 2.75) is 42.1 Å². The minimum Gasteiger partial charge on any atom is -0.353 e. The maximum atomic E-state index is 11.7. The van der Waals surface area contributed by atoms with E-state index in [9.17, 15) is 4.79 Å². The fraction of sp³-hybridized carbons (Fsp3) is 0.769. The van der Waals surface area contributed by atoms with Gasteiger partial charge in [-0.1, -0.05) is 19.0 Å². The van der Waals surface area contributed by atoms with Gasteiger partial charge in [-0.05, 0) is 0 Å². The average Bonchev–Trinajstić information content (AvgIpc) is 2.93. The lowest BCUT2D eigenvalue weighted by Crippen LogP contribution is -2.53. The molecule has 4 unspecified atom stereocenters. The van der Waals surface area contributed by atoms with Crippen molar-refractivity contribution in [3.8, 4) is 0 Å². The van der Waals surface area contributed by atoms with Crippen LogP contribution in [0.25, 0.3) is 0 Å². The molecule has 3 heterocycles. The molecule has 0 aliphatic carbocycles. The summed E-state index contributed by atoms with van der Waals surface area (Å²) in [5.41, 5.74) is 0.